The number of aryl methyl sites for hydroxylation is 2. The minimum atomic E-state index is 0.565. The highest BCUT2D eigenvalue weighted by Crippen LogP contribution is 2.38. The lowest BCUT2D eigenvalue weighted by atomic mass is 10.1. The molecule has 7 heteroatoms. The fourth-order valence-corrected chi connectivity index (χ4v) is 3.49. The topological polar surface area (TPSA) is 71.5 Å². The quantitative estimate of drug-likeness (QED) is 0.362. The summed E-state index contributed by atoms with van der Waals surface area (Å²) in [4.78, 5) is 4.80. The van der Waals surface area contributed by atoms with Crippen LogP contribution in [0, 0.1) is 13.8 Å². The molecule has 3 aromatic rings. The van der Waals surface area contributed by atoms with Crippen LogP contribution >= 0.6 is 11.8 Å². The van der Waals surface area contributed by atoms with Gasteiger partial charge in [-0.2, -0.15) is 5.10 Å². The summed E-state index contributed by atoms with van der Waals surface area (Å²) in [6.45, 7) is 9.13. The lowest BCUT2D eigenvalue weighted by Crippen LogP contribution is -2.08. The van der Waals surface area contributed by atoms with Gasteiger partial charge in [0.15, 0.2) is 22.5 Å². The van der Waals surface area contributed by atoms with Gasteiger partial charge in [-0.05, 0) is 63.3 Å². The number of H-pyrrole nitrogens is 1. The van der Waals surface area contributed by atoms with Crippen LogP contribution in [-0.2, 0) is 0 Å². The summed E-state index contributed by atoms with van der Waals surface area (Å²) in [5.74, 6) is 2.08. The number of aliphatic imine (C=N–C) groups is 1. The summed E-state index contributed by atoms with van der Waals surface area (Å²) >= 11 is 1.54. The van der Waals surface area contributed by atoms with Gasteiger partial charge in [-0.3, -0.25) is 5.10 Å². The van der Waals surface area contributed by atoms with Crippen molar-refractivity contribution >= 4 is 28.4 Å². The van der Waals surface area contributed by atoms with E-state index in [2.05, 4.69) is 28.5 Å². The number of aromatic nitrogens is 2. The van der Waals surface area contributed by atoms with Crippen molar-refractivity contribution in [2.45, 2.75) is 27.7 Å². The molecule has 0 aliphatic rings. The molecule has 0 bridgehead atoms. The number of ether oxygens (including phenoxy) is 2. The Morgan fingerprint density at radius 2 is 1.80 bits per heavy atom. The lowest BCUT2D eigenvalue weighted by molar-refractivity contribution is 0.288. The van der Waals surface area contributed by atoms with Crippen LogP contribution in [0.1, 0.15) is 25.1 Å². The van der Waals surface area contributed by atoms with E-state index in [1.54, 1.807) is 11.8 Å². The van der Waals surface area contributed by atoms with Crippen molar-refractivity contribution in [2.24, 2.45) is 4.99 Å². The maximum atomic E-state index is 5.79. The van der Waals surface area contributed by atoms with Crippen molar-refractivity contribution in [2.75, 3.05) is 24.8 Å². The number of para-hydroxylation sites is 1. The van der Waals surface area contributed by atoms with Gasteiger partial charge in [0.1, 0.15) is 0 Å². The predicted molar refractivity (Wildman–Crippen MR) is 127 cm³/mol. The Labute approximate surface area is 182 Å². The van der Waals surface area contributed by atoms with E-state index in [1.165, 1.54) is 0 Å². The van der Waals surface area contributed by atoms with E-state index < -0.39 is 0 Å². The fourth-order valence-electron chi connectivity index (χ4n) is 3.10. The van der Waals surface area contributed by atoms with Crippen LogP contribution in [-0.4, -0.2) is 34.8 Å². The van der Waals surface area contributed by atoms with Crippen LogP contribution in [0.15, 0.2) is 47.5 Å². The largest absolute Gasteiger partial charge is 0.490 e. The van der Waals surface area contributed by atoms with Crippen molar-refractivity contribution in [1.29, 1.82) is 0 Å². The van der Waals surface area contributed by atoms with Crippen molar-refractivity contribution in [3.8, 4) is 22.6 Å². The molecule has 0 radical (unpaired) electrons. The van der Waals surface area contributed by atoms with E-state index in [-0.39, 0.29) is 0 Å². The standard InChI is InChI=1S/C23H28N4O2S/c1-6-28-19-13-12-17(14-20(19)29-7-2)21-16(4)26-27-22(21)25-23(30-5)24-18-11-9-8-10-15(18)3/h8-14H,6-7H2,1-5H3,(H2,24,25,26,27). The molecule has 0 fully saturated rings. The number of rotatable bonds is 7. The van der Waals surface area contributed by atoms with Crippen LogP contribution in [0.25, 0.3) is 11.1 Å². The molecule has 2 aromatic carbocycles. The van der Waals surface area contributed by atoms with Gasteiger partial charge in [0.2, 0.25) is 0 Å². The van der Waals surface area contributed by atoms with Crippen molar-refractivity contribution in [1.82, 2.24) is 10.2 Å². The van der Waals surface area contributed by atoms with Gasteiger partial charge < -0.3 is 14.8 Å². The summed E-state index contributed by atoms with van der Waals surface area (Å²) in [7, 11) is 0. The van der Waals surface area contributed by atoms with Gasteiger partial charge in [-0.1, -0.05) is 36.0 Å². The first-order chi connectivity index (χ1) is 14.6. The molecule has 1 heterocycles. The van der Waals surface area contributed by atoms with Crippen LogP contribution in [0.2, 0.25) is 0 Å². The molecule has 158 valence electrons. The summed E-state index contributed by atoms with van der Waals surface area (Å²) < 4.78 is 11.5. The monoisotopic (exact) mass is 424 g/mol. The molecule has 0 aliphatic carbocycles. The number of thioether (sulfide) groups is 1. The third-order valence-corrected chi connectivity index (χ3v) is 5.13. The number of nitrogens with one attached hydrogen (secondary N) is 2. The molecular weight excluding hydrogens is 396 g/mol. The maximum absolute atomic E-state index is 5.79. The van der Waals surface area contributed by atoms with E-state index >= 15 is 0 Å². The van der Waals surface area contributed by atoms with Crippen molar-refractivity contribution < 1.29 is 9.47 Å². The first-order valence-corrected chi connectivity index (χ1v) is 11.2. The summed E-state index contributed by atoms with van der Waals surface area (Å²) in [5.41, 5.74) is 5.04. The highest BCUT2D eigenvalue weighted by molar-refractivity contribution is 8.13. The van der Waals surface area contributed by atoms with E-state index in [0.717, 1.165) is 44.7 Å². The minimum absolute atomic E-state index is 0.565. The zero-order chi connectivity index (χ0) is 21.5. The molecule has 1 aromatic heterocycles. The third-order valence-electron chi connectivity index (χ3n) is 4.55. The summed E-state index contributed by atoms with van der Waals surface area (Å²) in [5, 5.41) is 11.7. The minimum Gasteiger partial charge on any atom is -0.490 e. The number of nitrogens with zero attached hydrogens (tertiary/aromatic N) is 2. The smallest absolute Gasteiger partial charge is 0.184 e. The molecule has 0 amide bonds. The highest BCUT2D eigenvalue weighted by Gasteiger charge is 2.16. The molecule has 3 rings (SSSR count). The Hall–Kier alpha value is -2.93. The molecule has 0 spiro atoms. The number of hydrogen-bond acceptors (Lipinski definition) is 5. The maximum Gasteiger partial charge on any atom is 0.184 e. The van der Waals surface area contributed by atoms with E-state index in [4.69, 9.17) is 14.5 Å². The normalized spacial score (nSPS) is 11.4. The second-order valence-electron chi connectivity index (χ2n) is 6.64. The average Bonchev–Trinajstić information content (AvgIpc) is 3.10. The molecule has 0 saturated heterocycles. The lowest BCUT2D eigenvalue weighted by Gasteiger charge is -2.13. The predicted octanol–water partition coefficient (Wildman–Crippen LogP) is 5.95. The molecule has 6 nitrogen and oxygen atoms in total. The average molecular weight is 425 g/mol. The first-order valence-electron chi connectivity index (χ1n) is 9.97. The molecule has 2 N–H and O–H groups in total. The first kappa shape index (κ1) is 21.8. The van der Waals surface area contributed by atoms with Gasteiger partial charge in [-0.25, -0.2) is 4.99 Å². The highest BCUT2D eigenvalue weighted by atomic mass is 32.2. The molecule has 0 unspecified atom stereocenters. The van der Waals surface area contributed by atoms with E-state index in [0.29, 0.717) is 19.0 Å². The van der Waals surface area contributed by atoms with Gasteiger partial charge in [0.25, 0.3) is 0 Å². The molecule has 30 heavy (non-hydrogen) atoms. The number of amidine groups is 1. The Balaban J connectivity index is 1.99. The summed E-state index contributed by atoms with van der Waals surface area (Å²) in [6, 6.07) is 14.1. The number of hydrogen-bond donors (Lipinski definition) is 2. The van der Waals surface area contributed by atoms with Crippen molar-refractivity contribution in [3.63, 3.8) is 0 Å². The van der Waals surface area contributed by atoms with Crippen LogP contribution < -0.4 is 14.8 Å². The second kappa shape index (κ2) is 10.2. The zero-order valence-corrected chi connectivity index (χ0v) is 18.9. The zero-order valence-electron chi connectivity index (χ0n) is 18.1. The molecule has 0 atom stereocenters. The summed E-state index contributed by atoms with van der Waals surface area (Å²) in [6.07, 6.45) is 1.99. The van der Waals surface area contributed by atoms with Gasteiger partial charge in [-0.15, -0.1) is 0 Å². The van der Waals surface area contributed by atoms with Gasteiger partial charge in [0.05, 0.1) is 13.2 Å². The van der Waals surface area contributed by atoms with Crippen LogP contribution in [0.5, 0.6) is 11.5 Å². The van der Waals surface area contributed by atoms with Crippen LogP contribution in [0.4, 0.5) is 11.5 Å². The molecule has 0 saturated carbocycles. The van der Waals surface area contributed by atoms with Gasteiger partial charge in [0, 0.05) is 16.9 Å². The van der Waals surface area contributed by atoms with Crippen molar-refractivity contribution in [3.05, 3.63) is 53.7 Å². The molecular formula is C23H28N4O2S. The second-order valence-corrected chi connectivity index (χ2v) is 7.43. The Kier molecular flexibility index (Phi) is 7.41. The van der Waals surface area contributed by atoms with Crippen LogP contribution in [0.3, 0.4) is 0 Å². The Bertz CT molecular complexity index is 1030. The van der Waals surface area contributed by atoms with E-state index in [9.17, 15) is 0 Å². The Morgan fingerprint density at radius 1 is 1.07 bits per heavy atom. The molecule has 0 aliphatic heterocycles. The Morgan fingerprint density at radius 3 is 2.50 bits per heavy atom. The SMILES string of the molecule is CCOc1ccc(-c2c(N=C(Nc3ccccc3C)SC)n[nH]c2C)cc1OCC. The van der Waals surface area contributed by atoms with Gasteiger partial charge >= 0.3 is 0 Å². The fraction of sp³-hybridized carbons (Fsp3) is 0.304. The number of aromatic amines is 1. The third kappa shape index (κ3) is 4.97. The number of benzene rings is 2. The number of anilines is 1. The van der Waals surface area contributed by atoms with E-state index in [1.807, 2.05) is 63.4 Å².